The number of H-pyrrole nitrogens is 1. The molecule has 2 aromatic carbocycles. The van der Waals surface area contributed by atoms with E-state index in [-0.39, 0.29) is 11.7 Å². The van der Waals surface area contributed by atoms with Crippen LogP contribution in [0.1, 0.15) is 22.8 Å². The van der Waals surface area contributed by atoms with Gasteiger partial charge in [-0.25, -0.2) is 4.79 Å². The summed E-state index contributed by atoms with van der Waals surface area (Å²) in [5.41, 5.74) is 1.91. The first-order chi connectivity index (χ1) is 14.4. The van der Waals surface area contributed by atoms with Crippen molar-refractivity contribution in [2.45, 2.75) is 17.5 Å². The van der Waals surface area contributed by atoms with Gasteiger partial charge in [-0.2, -0.15) is 0 Å². The molecule has 0 atom stereocenters. The van der Waals surface area contributed by atoms with Crippen LogP contribution in [-0.4, -0.2) is 72.6 Å². The maximum absolute atomic E-state index is 12.7. The molecule has 3 rings (SSSR count). The van der Waals surface area contributed by atoms with Crippen LogP contribution >= 0.6 is 0 Å². The Balaban J connectivity index is 1.98. The molecule has 8 radical (unpaired) electrons. The lowest BCUT2D eigenvalue weighted by Gasteiger charge is -2.49. The quantitative estimate of drug-likeness (QED) is 0.370. The number of carbonyl (C=O) groups is 2. The minimum Gasteiger partial charge on any atom is -0.422 e. The third-order valence-corrected chi connectivity index (χ3v) is 5.16. The van der Waals surface area contributed by atoms with Crippen LogP contribution in [0.2, 0.25) is 0 Å². The molecule has 1 amide bonds. The molecule has 0 unspecified atom stereocenters. The highest BCUT2D eigenvalue weighted by atomic mass is 16.5. The second kappa shape index (κ2) is 8.35. The van der Waals surface area contributed by atoms with E-state index in [4.69, 9.17) is 36.1 Å². The van der Waals surface area contributed by atoms with E-state index >= 15 is 0 Å². The Morgan fingerprint density at radius 2 is 1.68 bits per heavy atom. The summed E-state index contributed by atoms with van der Waals surface area (Å²) in [6, 6.07) is 11.5. The summed E-state index contributed by atoms with van der Waals surface area (Å²) in [4.78, 5) is 28.5. The Bertz CT molecular complexity index is 1120. The van der Waals surface area contributed by atoms with Gasteiger partial charge >= 0.3 is 5.97 Å². The lowest BCUT2D eigenvalue weighted by molar-refractivity contribution is -0.114. The monoisotopic (exact) mass is 405 g/mol. The summed E-state index contributed by atoms with van der Waals surface area (Å²) in [5, 5.41) is -0.146. The van der Waals surface area contributed by atoms with E-state index < -0.39 is 16.5 Å². The van der Waals surface area contributed by atoms with E-state index in [0.29, 0.717) is 27.7 Å². The Labute approximate surface area is 186 Å². The number of nitrogens with zero attached hydrogens (tertiary/aromatic N) is 1. The lowest BCUT2D eigenvalue weighted by Crippen LogP contribution is -2.62. The molecule has 1 aromatic heterocycles. The number of hydrogen-bond acceptors (Lipinski definition) is 4. The van der Waals surface area contributed by atoms with Crippen LogP contribution < -0.4 is 10.1 Å². The number of esters is 1. The van der Waals surface area contributed by atoms with Gasteiger partial charge in [-0.05, 0) is 56.1 Å². The highest BCUT2D eigenvalue weighted by Gasteiger charge is 2.39. The molecule has 10 heteroatoms. The van der Waals surface area contributed by atoms with Crippen LogP contribution in [0, 0.1) is 0 Å². The standard InChI is InChI=1S/C21H19B4N3O3/c1-12(29)27-14-9-7-13(8-10-14)19(30)31-17-6-4-5-16-18(17)15(11-26-16)20(22,23)21(24,25)28(2)3/h4-11,26H,1-3H3,(H,27,29). The van der Waals surface area contributed by atoms with Crippen molar-refractivity contribution in [3.05, 3.63) is 59.8 Å². The SMILES string of the molecule is [B]C([B])(c1c[nH]c2cccc(OC(=O)c3ccc(NC(C)=O)cc3)c12)C([B])([B])N(C)C. The number of likely N-dealkylation sites (N-methyl/N-ethyl adjacent to an activating group) is 1. The summed E-state index contributed by atoms with van der Waals surface area (Å²) >= 11 is 0. The predicted molar refractivity (Wildman–Crippen MR) is 125 cm³/mol. The van der Waals surface area contributed by atoms with Crippen molar-refractivity contribution in [3.63, 3.8) is 0 Å². The van der Waals surface area contributed by atoms with Crippen LogP contribution in [0.15, 0.2) is 48.7 Å². The number of fused-ring (bicyclic) bond motifs is 1. The molecule has 6 nitrogen and oxygen atoms in total. The number of benzene rings is 2. The summed E-state index contributed by atoms with van der Waals surface area (Å²) in [6.45, 7) is 1.40. The van der Waals surface area contributed by atoms with Crippen molar-refractivity contribution in [2.24, 2.45) is 0 Å². The molecule has 0 aliphatic heterocycles. The molecule has 1 heterocycles. The number of amides is 1. The summed E-state index contributed by atoms with van der Waals surface area (Å²) in [6.07, 6.45) is 1.60. The van der Waals surface area contributed by atoms with Gasteiger partial charge in [-0.15, -0.1) is 0 Å². The first-order valence-electron chi connectivity index (χ1n) is 9.48. The number of hydrogen-bond donors (Lipinski definition) is 2. The fourth-order valence-corrected chi connectivity index (χ4v) is 3.20. The first-order valence-corrected chi connectivity index (χ1v) is 9.48. The van der Waals surface area contributed by atoms with Gasteiger partial charge in [0.2, 0.25) is 5.91 Å². The number of nitrogens with one attached hydrogen (secondary N) is 2. The molecular weight excluding hydrogens is 385 g/mol. The van der Waals surface area contributed by atoms with Crippen molar-refractivity contribution in [1.82, 2.24) is 9.88 Å². The van der Waals surface area contributed by atoms with Crippen molar-refractivity contribution in [3.8, 4) is 5.75 Å². The summed E-state index contributed by atoms with van der Waals surface area (Å²) < 4.78 is 5.65. The van der Waals surface area contributed by atoms with E-state index in [9.17, 15) is 9.59 Å². The first kappa shape index (κ1) is 22.8. The average Bonchev–Trinajstić information content (AvgIpc) is 3.13. The second-order valence-corrected chi connectivity index (χ2v) is 7.62. The average molecular weight is 405 g/mol. The predicted octanol–water partition coefficient (Wildman–Crippen LogP) is 1.39. The van der Waals surface area contributed by atoms with E-state index in [2.05, 4.69) is 10.3 Å². The molecule has 0 saturated heterocycles. The van der Waals surface area contributed by atoms with Crippen LogP contribution in [0.25, 0.3) is 10.9 Å². The van der Waals surface area contributed by atoms with Crippen LogP contribution in [0.4, 0.5) is 5.69 Å². The van der Waals surface area contributed by atoms with Gasteiger partial charge in [0.15, 0.2) is 0 Å². The molecule has 0 aliphatic carbocycles. The van der Waals surface area contributed by atoms with E-state index in [1.165, 1.54) is 11.8 Å². The van der Waals surface area contributed by atoms with Crippen LogP contribution in [0.5, 0.6) is 5.75 Å². The number of carbonyl (C=O) groups excluding carboxylic acids is 2. The van der Waals surface area contributed by atoms with Gasteiger partial charge < -0.3 is 19.9 Å². The molecule has 3 aromatic rings. The highest BCUT2D eigenvalue weighted by Crippen LogP contribution is 2.38. The van der Waals surface area contributed by atoms with E-state index in [1.54, 1.807) is 62.8 Å². The molecule has 0 saturated carbocycles. The highest BCUT2D eigenvalue weighted by molar-refractivity contribution is 6.54. The molecule has 148 valence electrons. The summed E-state index contributed by atoms with van der Waals surface area (Å²) in [7, 11) is 28.5. The largest absolute Gasteiger partial charge is 0.422 e. The molecule has 0 aliphatic rings. The topological polar surface area (TPSA) is 74.4 Å². The van der Waals surface area contributed by atoms with Crippen LogP contribution in [0.3, 0.4) is 0 Å². The van der Waals surface area contributed by atoms with Gasteiger partial charge in [-0.3, -0.25) is 4.79 Å². The number of aromatic amines is 1. The Morgan fingerprint density at radius 3 is 2.26 bits per heavy atom. The fourth-order valence-electron chi connectivity index (χ4n) is 3.20. The maximum atomic E-state index is 12.7. The number of rotatable bonds is 6. The van der Waals surface area contributed by atoms with E-state index in [1.807, 2.05) is 0 Å². The normalized spacial score (nSPS) is 12.1. The van der Waals surface area contributed by atoms with Gasteiger partial charge in [0.25, 0.3) is 0 Å². The minimum absolute atomic E-state index is 0.206. The van der Waals surface area contributed by atoms with Gasteiger partial charge in [0.1, 0.15) is 5.75 Å². The number of ether oxygens (including phenoxy) is 1. The zero-order valence-electron chi connectivity index (χ0n) is 17.6. The zero-order valence-corrected chi connectivity index (χ0v) is 17.6. The van der Waals surface area contributed by atoms with Crippen molar-refractivity contribution in [2.75, 3.05) is 19.4 Å². The lowest BCUT2D eigenvalue weighted by atomic mass is 9.31. The smallest absolute Gasteiger partial charge is 0.343 e. The summed E-state index contributed by atoms with van der Waals surface area (Å²) in [5.74, 6) is -0.546. The molecule has 0 fully saturated rings. The Morgan fingerprint density at radius 1 is 1.03 bits per heavy atom. The second-order valence-electron chi connectivity index (χ2n) is 7.62. The molecule has 0 spiro atoms. The van der Waals surface area contributed by atoms with Crippen LogP contribution in [-0.2, 0) is 10.0 Å². The molecule has 31 heavy (non-hydrogen) atoms. The van der Waals surface area contributed by atoms with Crippen molar-refractivity contribution >= 4 is 59.9 Å². The number of aromatic nitrogens is 1. The Kier molecular flexibility index (Phi) is 6.14. The van der Waals surface area contributed by atoms with Crippen molar-refractivity contribution in [1.29, 1.82) is 0 Å². The Hall–Kier alpha value is -2.86. The van der Waals surface area contributed by atoms with Gasteiger partial charge in [0, 0.05) is 29.7 Å². The fraction of sp³-hybridized carbons (Fsp3) is 0.238. The molecule has 0 bridgehead atoms. The minimum atomic E-state index is -1.68. The van der Waals surface area contributed by atoms with Gasteiger partial charge in [-0.1, -0.05) is 16.6 Å². The number of anilines is 1. The zero-order chi connectivity index (χ0) is 23.0. The van der Waals surface area contributed by atoms with Gasteiger partial charge in [0.05, 0.1) is 36.9 Å². The van der Waals surface area contributed by atoms with E-state index in [0.717, 1.165) is 0 Å². The van der Waals surface area contributed by atoms with Crippen molar-refractivity contribution < 1.29 is 14.3 Å². The molecule has 2 N–H and O–H groups in total. The molecular formula is C21H19B4N3O3. The third kappa shape index (κ3) is 4.30. The third-order valence-electron chi connectivity index (χ3n) is 5.16. The maximum Gasteiger partial charge on any atom is 0.343 e.